The summed E-state index contributed by atoms with van der Waals surface area (Å²) in [4.78, 5) is 0. The summed E-state index contributed by atoms with van der Waals surface area (Å²) < 4.78 is 19.6. The molecule has 19 heavy (non-hydrogen) atoms. The third kappa shape index (κ3) is 4.07. The molecule has 1 N–H and O–H groups in total. The molecule has 2 rings (SSSR count). The van der Waals surface area contributed by atoms with Crippen molar-refractivity contribution in [2.45, 2.75) is 44.8 Å². The monoisotopic (exact) mass is 349 g/mol. The van der Waals surface area contributed by atoms with Gasteiger partial charge < -0.3 is 10.1 Å². The van der Waals surface area contributed by atoms with Crippen LogP contribution in [-0.4, -0.2) is 18.8 Å². The molecule has 1 aromatic rings. The topological polar surface area (TPSA) is 21.3 Å². The lowest BCUT2D eigenvalue weighted by atomic mass is 10.00. The average molecular weight is 351 g/mol. The van der Waals surface area contributed by atoms with Gasteiger partial charge in [-0.15, -0.1) is 0 Å². The van der Waals surface area contributed by atoms with E-state index in [1.54, 1.807) is 0 Å². The Morgan fingerprint density at radius 1 is 1.53 bits per heavy atom. The molecule has 5 heteroatoms. The quantitative estimate of drug-likeness (QED) is 0.825. The number of halogens is 3. The van der Waals surface area contributed by atoms with Crippen LogP contribution < -0.4 is 5.32 Å². The van der Waals surface area contributed by atoms with Crippen LogP contribution in [0.2, 0.25) is 5.02 Å². The summed E-state index contributed by atoms with van der Waals surface area (Å²) in [7, 11) is 0. The van der Waals surface area contributed by atoms with Gasteiger partial charge in [-0.2, -0.15) is 0 Å². The van der Waals surface area contributed by atoms with E-state index in [-0.39, 0.29) is 5.82 Å². The molecule has 1 fully saturated rings. The molecule has 2 nitrogen and oxygen atoms in total. The second kappa shape index (κ2) is 6.91. The highest BCUT2D eigenvalue weighted by molar-refractivity contribution is 9.10. The van der Waals surface area contributed by atoms with Gasteiger partial charge in [0, 0.05) is 17.1 Å². The third-order valence-corrected chi connectivity index (χ3v) is 4.26. The van der Waals surface area contributed by atoms with E-state index in [9.17, 15) is 4.39 Å². The fraction of sp³-hybridized carbons (Fsp3) is 0.571. The summed E-state index contributed by atoms with van der Waals surface area (Å²) in [5.74, 6) is -0.335. The van der Waals surface area contributed by atoms with Crippen molar-refractivity contribution in [1.29, 1.82) is 0 Å². The molecule has 2 atom stereocenters. The van der Waals surface area contributed by atoms with E-state index in [0.29, 0.717) is 21.6 Å². The van der Waals surface area contributed by atoms with E-state index < -0.39 is 0 Å². The Morgan fingerprint density at radius 3 is 3.00 bits per heavy atom. The summed E-state index contributed by atoms with van der Waals surface area (Å²) in [6, 6.07) is 3.08. The van der Waals surface area contributed by atoms with Gasteiger partial charge in [-0.25, -0.2) is 4.39 Å². The fourth-order valence-electron chi connectivity index (χ4n) is 2.42. The zero-order chi connectivity index (χ0) is 13.8. The molecular formula is C14H18BrClFNO. The summed E-state index contributed by atoms with van der Waals surface area (Å²) in [5.41, 5.74) is 0.769. The normalized spacial score (nSPS) is 23.4. The van der Waals surface area contributed by atoms with E-state index in [1.165, 1.54) is 12.1 Å². The molecule has 0 aliphatic carbocycles. The lowest BCUT2D eigenvalue weighted by Gasteiger charge is -2.31. The molecule has 2 unspecified atom stereocenters. The average Bonchev–Trinajstić information content (AvgIpc) is 2.35. The summed E-state index contributed by atoms with van der Waals surface area (Å²) >= 11 is 9.44. The fourth-order valence-corrected chi connectivity index (χ4v) is 3.34. The lowest BCUT2D eigenvalue weighted by molar-refractivity contribution is 0.00597. The number of hydrogen-bond donors (Lipinski definition) is 1. The van der Waals surface area contributed by atoms with Crippen LogP contribution >= 0.6 is 27.5 Å². The molecule has 106 valence electrons. The van der Waals surface area contributed by atoms with Crippen LogP contribution in [0.25, 0.3) is 0 Å². The van der Waals surface area contributed by atoms with E-state index in [4.69, 9.17) is 16.3 Å². The van der Waals surface area contributed by atoms with Gasteiger partial charge in [0.2, 0.25) is 0 Å². The van der Waals surface area contributed by atoms with Crippen molar-refractivity contribution >= 4 is 33.2 Å². The number of hydrogen-bond acceptors (Lipinski definition) is 2. The van der Waals surface area contributed by atoms with Gasteiger partial charge in [0.1, 0.15) is 5.82 Å². The molecule has 0 spiro atoms. The minimum Gasteiger partial charge on any atom is -0.380 e. The molecular weight excluding hydrogens is 333 g/mol. The second-order valence-corrected chi connectivity index (χ2v) is 6.15. The number of ether oxygens (including phenoxy) is 1. The van der Waals surface area contributed by atoms with Crippen LogP contribution in [0.15, 0.2) is 16.6 Å². The first-order chi connectivity index (χ1) is 9.10. The first kappa shape index (κ1) is 15.1. The lowest BCUT2D eigenvalue weighted by Crippen LogP contribution is -2.34. The molecule has 0 bridgehead atoms. The summed E-state index contributed by atoms with van der Waals surface area (Å²) in [6.07, 6.45) is 4.43. The predicted molar refractivity (Wildman–Crippen MR) is 80.4 cm³/mol. The molecule has 0 radical (unpaired) electrons. The van der Waals surface area contributed by atoms with Crippen molar-refractivity contribution in [2.24, 2.45) is 0 Å². The molecule has 1 aliphatic rings. The second-order valence-electron chi connectivity index (χ2n) is 4.89. The van der Waals surface area contributed by atoms with Gasteiger partial charge >= 0.3 is 0 Å². The molecule has 1 heterocycles. The van der Waals surface area contributed by atoms with Gasteiger partial charge in [0.25, 0.3) is 0 Å². The maximum Gasteiger partial charge on any atom is 0.125 e. The van der Waals surface area contributed by atoms with Crippen LogP contribution in [0.3, 0.4) is 0 Å². The summed E-state index contributed by atoms with van der Waals surface area (Å²) in [6.45, 7) is 2.92. The van der Waals surface area contributed by atoms with Crippen molar-refractivity contribution < 1.29 is 9.13 Å². The molecule has 1 aliphatic heterocycles. The van der Waals surface area contributed by atoms with Crippen molar-refractivity contribution in [2.75, 3.05) is 11.9 Å². The van der Waals surface area contributed by atoms with E-state index >= 15 is 0 Å². The SMILES string of the molecule is CCCC1CC(Nc2c(Cl)cc(F)cc2Br)CCO1. The van der Waals surface area contributed by atoms with Crippen LogP contribution in [0.5, 0.6) is 0 Å². The molecule has 1 saturated heterocycles. The number of rotatable bonds is 4. The first-order valence-electron chi connectivity index (χ1n) is 6.62. The molecule has 1 aromatic carbocycles. The summed E-state index contributed by atoms with van der Waals surface area (Å²) in [5, 5.41) is 3.82. The third-order valence-electron chi connectivity index (χ3n) is 3.33. The molecule has 0 amide bonds. The van der Waals surface area contributed by atoms with Crippen LogP contribution in [0, 0.1) is 5.82 Å². The minimum absolute atomic E-state index is 0.314. The Labute approximate surface area is 126 Å². The Kier molecular flexibility index (Phi) is 5.48. The molecule has 0 aromatic heterocycles. The highest BCUT2D eigenvalue weighted by atomic mass is 79.9. The van der Waals surface area contributed by atoms with Crippen LogP contribution in [-0.2, 0) is 4.74 Å². The maximum atomic E-state index is 13.2. The standard InChI is InChI=1S/C14H18BrClFNO/c1-2-3-11-8-10(4-5-19-11)18-14-12(15)6-9(17)7-13(14)16/h6-7,10-11,18H,2-5,8H2,1H3. The van der Waals surface area contributed by atoms with Gasteiger partial charge in [0.05, 0.1) is 16.8 Å². The van der Waals surface area contributed by atoms with Gasteiger partial charge in [0.15, 0.2) is 0 Å². The highest BCUT2D eigenvalue weighted by Crippen LogP contribution is 2.33. The van der Waals surface area contributed by atoms with E-state index in [0.717, 1.165) is 38.0 Å². The highest BCUT2D eigenvalue weighted by Gasteiger charge is 2.23. The van der Waals surface area contributed by atoms with Gasteiger partial charge in [-0.05, 0) is 47.3 Å². The predicted octanol–water partition coefficient (Wildman–Crippen LogP) is 5.00. The Hall–Kier alpha value is -0.320. The zero-order valence-electron chi connectivity index (χ0n) is 10.9. The number of anilines is 1. The number of benzene rings is 1. The zero-order valence-corrected chi connectivity index (χ0v) is 13.2. The maximum absolute atomic E-state index is 13.2. The largest absolute Gasteiger partial charge is 0.380 e. The van der Waals surface area contributed by atoms with Crippen molar-refractivity contribution in [3.05, 3.63) is 27.4 Å². The van der Waals surface area contributed by atoms with Crippen molar-refractivity contribution in [1.82, 2.24) is 0 Å². The van der Waals surface area contributed by atoms with Crippen LogP contribution in [0.1, 0.15) is 32.6 Å². The molecule has 0 saturated carbocycles. The van der Waals surface area contributed by atoms with Crippen molar-refractivity contribution in [3.8, 4) is 0 Å². The first-order valence-corrected chi connectivity index (χ1v) is 7.80. The van der Waals surface area contributed by atoms with Crippen molar-refractivity contribution in [3.63, 3.8) is 0 Å². The van der Waals surface area contributed by atoms with Gasteiger partial charge in [-0.3, -0.25) is 0 Å². The van der Waals surface area contributed by atoms with Crippen LogP contribution in [0.4, 0.5) is 10.1 Å². The Morgan fingerprint density at radius 2 is 2.32 bits per heavy atom. The minimum atomic E-state index is -0.335. The van der Waals surface area contributed by atoms with E-state index in [2.05, 4.69) is 28.2 Å². The smallest absolute Gasteiger partial charge is 0.125 e. The number of nitrogens with one attached hydrogen (secondary N) is 1. The Balaban J connectivity index is 2.04. The van der Waals surface area contributed by atoms with Gasteiger partial charge in [-0.1, -0.05) is 24.9 Å². The van der Waals surface area contributed by atoms with E-state index in [1.807, 2.05) is 0 Å². The Bertz CT molecular complexity index is 418.